The molecule has 1 aromatic carbocycles. The standard InChI is InChI=1S/C12H14O3/c1-8(2)15-12-10(6-13)4-9(3)5-11(12)7-14/h4-8H,1-3H3. The van der Waals surface area contributed by atoms with Gasteiger partial charge < -0.3 is 4.74 Å². The lowest BCUT2D eigenvalue weighted by atomic mass is 10.1. The molecule has 80 valence electrons. The van der Waals surface area contributed by atoms with E-state index in [4.69, 9.17) is 4.74 Å². The van der Waals surface area contributed by atoms with Crippen LogP contribution >= 0.6 is 0 Å². The van der Waals surface area contributed by atoms with E-state index >= 15 is 0 Å². The number of ether oxygens (including phenoxy) is 1. The minimum Gasteiger partial charge on any atom is -0.490 e. The zero-order chi connectivity index (χ0) is 11.4. The fourth-order valence-electron chi connectivity index (χ4n) is 1.38. The minimum atomic E-state index is -0.0647. The number of aryl methyl sites for hydroxylation is 1. The summed E-state index contributed by atoms with van der Waals surface area (Å²) < 4.78 is 5.45. The highest BCUT2D eigenvalue weighted by molar-refractivity contribution is 5.89. The molecule has 0 heterocycles. The van der Waals surface area contributed by atoms with Crippen LogP contribution in [0.25, 0.3) is 0 Å². The van der Waals surface area contributed by atoms with Gasteiger partial charge in [-0.1, -0.05) is 0 Å². The summed E-state index contributed by atoms with van der Waals surface area (Å²) in [7, 11) is 0. The van der Waals surface area contributed by atoms with Crippen molar-refractivity contribution in [2.24, 2.45) is 0 Å². The van der Waals surface area contributed by atoms with Crippen LogP contribution in [0.2, 0.25) is 0 Å². The molecule has 0 bridgehead atoms. The molecule has 15 heavy (non-hydrogen) atoms. The van der Waals surface area contributed by atoms with Gasteiger partial charge in [0.05, 0.1) is 17.2 Å². The molecule has 0 fully saturated rings. The monoisotopic (exact) mass is 206 g/mol. The second-order valence-electron chi connectivity index (χ2n) is 3.67. The number of carbonyl (C=O) groups excluding carboxylic acids is 2. The molecule has 3 heteroatoms. The molecule has 0 spiro atoms. The number of carbonyl (C=O) groups is 2. The maximum absolute atomic E-state index is 10.8. The Balaban J connectivity index is 3.29. The summed E-state index contributed by atoms with van der Waals surface area (Å²) in [5.41, 5.74) is 1.71. The van der Waals surface area contributed by atoms with E-state index < -0.39 is 0 Å². The molecule has 0 aliphatic heterocycles. The molecule has 0 aromatic heterocycles. The second kappa shape index (κ2) is 4.73. The smallest absolute Gasteiger partial charge is 0.153 e. The maximum Gasteiger partial charge on any atom is 0.153 e. The summed E-state index contributed by atoms with van der Waals surface area (Å²) in [5, 5.41) is 0. The number of benzene rings is 1. The van der Waals surface area contributed by atoms with E-state index in [1.165, 1.54) is 0 Å². The van der Waals surface area contributed by atoms with Crippen LogP contribution < -0.4 is 4.74 Å². The molecule has 3 nitrogen and oxygen atoms in total. The summed E-state index contributed by atoms with van der Waals surface area (Å²) in [6.45, 7) is 5.53. The van der Waals surface area contributed by atoms with E-state index in [0.29, 0.717) is 29.4 Å². The van der Waals surface area contributed by atoms with E-state index in [0.717, 1.165) is 5.56 Å². The molecule has 1 rings (SSSR count). The molecule has 0 saturated heterocycles. The van der Waals surface area contributed by atoms with Gasteiger partial charge in [0.2, 0.25) is 0 Å². The van der Waals surface area contributed by atoms with E-state index in [9.17, 15) is 9.59 Å². The molecular formula is C12H14O3. The summed E-state index contributed by atoms with van der Waals surface area (Å²) in [6, 6.07) is 3.41. The van der Waals surface area contributed by atoms with Crippen molar-refractivity contribution in [3.63, 3.8) is 0 Å². The van der Waals surface area contributed by atoms with Gasteiger partial charge in [0.15, 0.2) is 12.6 Å². The lowest BCUT2D eigenvalue weighted by molar-refractivity contribution is 0.111. The number of aldehydes is 2. The Kier molecular flexibility index (Phi) is 3.61. The quantitative estimate of drug-likeness (QED) is 0.710. The number of rotatable bonds is 4. The average Bonchev–Trinajstić information content (AvgIpc) is 2.19. The van der Waals surface area contributed by atoms with Crippen LogP contribution in [0.4, 0.5) is 0 Å². The fourth-order valence-corrected chi connectivity index (χ4v) is 1.38. The third-order valence-electron chi connectivity index (χ3n) is 1.90. The topological polar surface area (TPSA) is 43.4 Å². The van der Waals surface area contributed by atoms with Crippen molar-refractivity contribution in [3.05, 3.63) is 28.8 Å². The summed E-state index contributed by atoms with van der Waals surface area (Å²) >= 11 is 0. The number of hydrogen-bond donors (Lipinski definition) is 0. The Morgan fingerprint density at radius 3 is 1.93 bits per heavy atom. The molecule has 0 N–H and O–H groups in total. The first-order valence-corrected chi connectivity index (χ1v) is 4.80. The van der Waals surface area contributed by atoms with Gasteiger partial charge in [0.1, 0.15) is 5.75 Å². The lowest BCUT2D eigenvalue weighted by Gasteiger charge is -2.14. The minimum absolute atomic E-state index is 0.0647. The van der Waals surface area contributed by atoms with Gasteiger partial charge in [0, 0.05) is 0 Å². The van der Waals surface area contributed by atoms with Crippen LogP contribution in [0.1, 0.15) is 40.1 Å². The van der Waals surface area contributed by atoms with Crippen molar-refractivity contribution < 1.29 is 14.3 Å². The highest BCUT2D eigenvalue weighted by Crippen LogP contribution is 2.24. The largest absolute Gasteiger partial charge is 0.490 e. The van der Waals surface area contributed by atoms with Crippen molar-refractivity contribution in [1.29, 1.82) is 0 Å². The predicted molar refractivity (Wildman–Crippen MR) is 57.7 cm³/mol. The molecule has 0 unspecified atom stereocenters. The van der Waals surface area contributed by atoms with Crippen LogP contribution in [0, 0.1) is 6.92 Å². The molecular weight excluding hydrogens is 192 g/mol. The highest BCUT2D eigenvalue weighted by atomic mass is 16.5. The van der Waals surface area contributed by atoms with Crippen molar-refractivity contribution in [2.45, 2.75) is 26.9 Å². The molecule has 0 radical (unpaired) electrons. The van der Waals surface area contributed by atoms with Gasteiger partial charge in [-0.3, -0.25) is 9.59 Å². The Morgan fingerprint density at radius 1 is 1.13 bits per heavy atom. The van der Waals surface area contributed by atoms with Gasteiger partial charge >= 0.3 is 0 Å². The average molecular weight is 206 g/mol. The van der Waals surface area contributed by atoms with Crippen molar-refractivity contribution in [3.8, 4) is 5.75 Å². The molecule has 1 aromatic rings. The third-order valence-corrected chi connectivity index (χ3v) is 1.90. The summed E-state index contributed by atoms with van der Waals surface area (Å²) in [5.74, 6) is 0.376. The molecule has 0 amide bonds. The number of hydrogen-bond acceptors (Lipinski definition) is 3. The third kappa shape index (κ3) is 2.65. The summed E-state index contributed by atoms with van der Waals surface area (Å²) in [4.78, 5) is 21.7. The lowest BCUT2D eigenvalue weighted by Crippen LogP contribution is -2.09. The fraction of sp³-hybridized carbons (Fsp3) is 0.333. The molecule has 0 atom stereocenters. The van der Waals surface area contributed by atoms with Crippen molar-refractivity contribution in [2.75, 3.05) is 0 Å². The van der Waals surface area contributed by atoms with Gasteiger partial charge in [-0.05, 0) is 38.5 Å². The van der Waals surface area contributed by atoms with E-state index in [2.05, 4.69) is 0 Å². The Labute approximate surface area is 89.1 Å². The summed E-state index contributed by atoms with van der Waals surface area (Å²) in [6.07, 6.45) is 1.35. The highest BCUT2D eigenvalue weighted by Gasteiger charge is 2.11. The van der Waals surface area contributed by atoms with Gasteiger partial charge in [-0.15, -0.1) is 0 Å². The second-order valence-corrected chi connectivity index (χ2v) is 3.67. The normalized spacial score (nSPS) is 10.1. The first-order chi connectivity index (χ1) is 7.08. The van der Waals surface area contributed by atoms with Crippen LogP contribution in [0.3, 0.4) is 0 Å². The Hall–Kier alpha value is -1.64. The SMILES string of the molecule is Cc1cc(C=O)c(OC(C)C)c(C=O)c1. The van der Waals surface area contributed by atoms with Crippen LogP contribution in [0.5, 0.6) is 5.75 Å². The van der Waals surface area contributed by atoms with E-state index in [1.807, 2.05) is 20.8 Å². The van der Waals surface area contributed by atoms with E-state index in [-0.39, 0.29) is 6.10 Å². The zero-order valence-corrected chi connectivity index (χ0v) is 9.11. The van der Waals surface area contributed by atoms with Gasteiger partial charge in [0.25, 0.3) is 0 Å². The van der Waals surface area contributed by atoms with Crippen molar-refractivity contribution >= 4 is 12.6 Å². The first kappa shape index (κ1) is 11.4. The first-order valence-electron chi connectivity index (χ1n) is 4.80. The molecule has 0 aliphatic carbocycles. The van der Waals surface area contributed by atoms with E-state index in [1.54, 1.807) is 12.1 Å². The van der Waals surface area contributed by atoms with Crippen LogP contribution in [-0.2, 0) is 0 Å². The zero-order valence-electron chi connectivity index (χ0n) is 9.11. The van der Waals surface area contributed by atoms with Gasteiger partial charge in [-0.2, -0.15) is 0 Å². The Morgan fingerprint density at radius 2 is 1.60 bits per heavy atom. The predicted octanol–water partition coefficient (Wildman–Crippen LogP) is 2.41. The van der Waals surface area contributed by atoms with Crippen molar-refractivity contribution in [1.82, 2.24) is 0 Å². The maximum atomic E-state index is 10.8. The van der Waals surface area contributed by atoms with Crippen LogP contribution in [-0.4, -0.2) is 18.7 Å². The van der Waals surface area contributed by atoms with Gasteiger partial charge in [-0.25, -0.2) is 0 Å². The molecule has 0 saturated carbocycles. The Bertz CT molecular complexity index is 351. The van der Waals surface area contributed by atoms with Crippen LogP contribution in [0.15, 0.2) is 12.1 Å². The molecule has 0 aliphatic rings.